The first-order chi connectivity index (χ1) is 8.59. The number of rotatable bonds is 4. The molecule has 1 atom stereocenters. The largest absolute Gasteiger partial charge is 0.375 e. The fraction of sp³-hybridized carbons (Fsp3) is 0.692. The van der Waals surface area contributed by atoms with Crippen molar-refractivity contribution in [1.82, 2.24) is 9.97 Å². The Balaban J connectivity index is 1.98. The molecule has 2 heterocycles. The van der Waals surface area contributed by atoms with Crippen LogP contribution >= 0.6 is 0 Å². The number of ether oxygens (including phenoxy) is 1. The SMILES string of the molecule is CCNc1cc(NC2CCOC(C)(C)C2)ncn1. The molecule has 1 unspecified atom stereocenters. The summed E-state index contributed by atoms with van der Waals surface area (Å²) >= 11 is 0. The van der Waals surface area contributed by atoms with Gasteiger partial charge in [-0.2, -0.15) is 0 Å². The smallest absolute Gasteiger partial charge is 0.131 e. The van der Waals surface area contributed by atoms with Crippen LogP contribution in [0, 0.1) is 0 Å². The van der Waals surface area contributed by atoms with E-state index in [0.717, 1.165) is 37.6 Å². The minimum atomic E-state index is -0.0482. The molecular formula is C13H22N4O. The second-order valence-electron chi connectivity index (χ2n) is 5.26. The van der Waals surface area contributed by atoms with Crippen LogP contribution < -0.4 is 10.6 Å². The molecule has 0 bridgehead atoms. The molecule has 1 saturated heterocycles. The molecular weight excluding hydrogens is 228 g/mol. The van der Waals surface area contributed by atoms with Gasteiger partial charge in [0.15, 0.2) is 0 Å². The van der Waals surface area contributed by atoms with Crippen molar-refractivity contribution in [1.29, 1.82) is 0 Å². The third-order valence-electron chi connectivity index (χ3n) is 3.07. The van der Waals surface area contributed by atoms with Gasteiger partial charge in [-0.05, 0) is 33.6 Å². The first kappa shape index (κ1) is 13.1. The predicted molar refractivity (Wildman–Crippen MR) is 72.9 cm³/mol. The van der Waals surface area contributed by atoms with Gasteiger partial charge < -0.3 is 15.4 Å². The molecule has 5 nitrogen and oxygen atoms in total. The average Bonchev–Trinajstić information content (AvgIpc) is 2.28. The zero-order chi connectivity index (χ0) is 13.0. The van der Waals surface area contributed by atoms with Gasteiger partial charge >= 0.3 is 0 Å². The molecule has 2 N–H and O–H groups in total. The van der Waals surface area contributed by atoms with Crippen molar-refractivity contribution in [3.05, 3.63) is 12.4 Å². The molecule has 2 rings (SSSR count). The third kappa shape index (κ3) is 3.57. The van der Waals surface area contributed by atoms with E-state index in [0.29, 0.717) is 6.04 Å². The minimum Gasteiger partial charge on any atom is -0.375 e. The summed E-state index contributed by atoms with van der Waals surface area (Å²) in [6, 6.07) is 2.37. The van der Waals surface area contributed by atoms with E-state index in [-0.39, 0.29) is 5.60 Å². The van der Waals surface area contributed by atoms with E-state index in [1.807, 2.05) is 6.07 Å². The Bertz CT molecular complexity index is 394. The number of hydrogen-bond acceptors (Lipinski definition) is 5. The summed E-state index contributed by atoms with van der Waals surface area (Å²) in [5.74, 6) is 1.74. The molecule has 18 heavy (non-hydrogen) atoms. The summed E-state index contributed by atoms with van der Waals surface area (Å²) in [6.07, 6.45) is 3.60. The number of nitrogens with one attached hydrogen (secondary N) is 2. The molecule has 1 fully saturated rings. The van der Waals surface area contributed by atoms with Crippen molar-refractivity contribution in [2.75, 3.05) is 23.8 Å². The van der Waals surface area contributed by atoms with E-state index in [4.69, 9.17) is 4.74 Å². The maximum atomic E-state index is 5.71. The lowest BCUT2D eigenvalue weighted by atomic mass is 9.94. The molecule has 0 aliphatic carbocycles. The van der Waals surface area contributed by atoms with Crippen molar-refractivity contribution >= 4 is 11.6 Å². The van der Waals surface area contributed by atoms with Gasteiger partial charge in [0.25, 0.3) is 0 Å². The van der Waals surface area contributed by atoms with Gasteiger partial charge in [0, 0.05) is 25.3 Å². The molecule has 0 aromatic carbocycles. The van der Waals surface area contributed by atoms with Gasteiger partial charge in [-0.1, -0.05) is 0 Å². The van der Waals surface area contributed by atoms with Crippen LogP contribution in [0.3, 0.4) is 0 Å². The number of nitrogens with zero attached hydrogens (tertiary/aromatic N) is 2. The molecule has 5 heteroatoms. The van der Waals surface area contributed by atoms with Crippen LogP contribution in [-0.4, -0.2) is 34.8 Å². The van der Waals surface area contributed by atoms with Crippen molar-refractivity contribution in [3.63, 3.8) is 0 Å². The quantitative estimate of drug-likeness (QED) is 0.858. The Morgan fingerprint density at radius 1 is 1.39 bits per heavy atom. The highest BCUT2D eigenvalue weighted by Crippen LogP contribution is 2.26. The Kier molecular flexibility index (Phi) is 4.01. The van der Waals surface area contributed by atoms with E-state index in [1.165, 1.54) is 0 Å². The van der Waals surface area contributed by atoms with Crippen LogP contribution in [0.25, 0.3) is 0 Å². The summed E-state index contributed by atoms with van der Waals surface area (Å²) in [6.45, 7) is 7.97. The van der Waals surface area contributed by atoms with E-state index >= 15 is 0 Å². The molecule has 1 aromatic rings. The average molecular weight is 250 g/mol. The highest BCUT2D eigenvalue weighted by molar-refractivity contribution is 5.46. The summed E-state index contributed by atoms with van der Waals surface area (Å²) in [5, 5.41) is 6.65. The van der Waals surface area contributed by atoms with Crippen molar-refractivity contribution in [2.24, 2.45) is 0 Å². The molecule has 100 valence electrons. The van der Waals surface area contributed by atoms with Gasteiger partial charge in [0.1, 0.15) is 18.0 Å². The van der Waals surface area contributed by atoms with Gasteiger partial charge in [-0.25, -0.2) is 9.97 Å². The number of anilines is 2. The monoisotopic (exact) mass is 250 g/mol. The lowest BCUT2D eigenvalue weighted by Crippen LogP contribution is -2.40. The summed E-state index contributed by atoms with van der Waals surface area (Å²) in [5.41, 5.74) is -0.0482. The zero-order valence-corrected chi connectivity index (χ0v) is 11.4. The van der Waals surface area contributed by atoms with E-state index < -0.39 is 0 Å². The van der Waals surface area contributed by atoms with E-state index in [2.05, 4.69) is 41.4 Å². The molecule has 1 aromatic heterocycles. The molecule has 1 aliphatic heterocycles. The molecule has 0 saturated carbocycles. The lowest BCUT2D eigenvalue weighted by molar-refractivity contribution is -0.0553. The topological polar surface area (TPSA) is 59.1 Å². The lowest BCUT2D eigenvalue weighted by Gasteiger charge is -2.36. The summed E-state index contributed by atoms with van der Waals surface area (Å²) in [4.78, 5) is 8.42. The Hall–Kier alpha value is -1.36. The first-order valence-corrected chi connectivity index (χ1v) is 6.55. The second-order valence-corrected chi connectivity index (χ2v) is 5.26. The fourth-order valence-corrected chi connectivity index (χ4v) is 2.28. The predicted octanol–water partition coefficient (Wildman–Crippen LogP) is 2.28. The fourth-order valence-electron chi connectivity index (χ4n) is 2.28. The zero-order valence-electron chi connectivity index (χ0n) is 11.4. The maximum Gasteiger partial charge on any atom is 0.131 e. The van der Waals surface area contributed by atoms with Crippen molar-refractivity contribution < 1.29 is 4.74 Å². The van der Waals surface area contributed by atoms with E-state index in [1.54, 1.807) is 6.33 Å². The van der Waals surface area contributed by atoms with Crippen LogP contribution in [0.5, 0.6) is 0 Å². The van der Waals surface area contributed by atoms with Crippen molar-refractivity contribution in [3.8, 4) is 0 Å². The summed E-state index contributed by atoms with van der Waals surface area (Å²) in [7, 11) is 0. The van der Waals surface area contributed by atoms with Gasteiger partial charge in [0.05, 0.1) is 5.60 Å². The van der Waals surface area contributed by atoms with Crippen LogP contribution in [0.15, 0.2) is 12.4 Å². The Morgan fingerprint density at radius 2 is 2.17 bits per heavy atom. The van der Waals surface area contributed by atoms with Crippen LogP contribution in [0.4, 0.5) is 11.6 Å². The molecule has 1 aliphatic rings. The summed E-state index contributed by atoms with van der Waals surface area (Å²) < 4.78 is 5.71. The minimum absolute atomic E-state index is 0.0482. The molecule has 0 spiro atoms. The molecule has 0 amide bonds. The first-order valence-electron chi connectivity index (χ1n) is 6.55. The van der Waals surface area contributed by atoms with E-state index in [9.17, 15) is 0 Å². The number of aromatic nitrogens is 2. The second kappa shape index (κ2) is 5.52. The van der Waals surface area contributed by atoms with Gasteiger partial charge in [0.2, 0.25) is 0 Å². The highest BCUT2D eigenvalue weighted by atomic mass is 16.5. The van der Waals surface area contributed by atoms with Gasteiger partial charge in [-0.15, -0.1) is 0 Å². The van der Waals surface area contributed by atoms with Gasteiger partial charge in [-0.3, -0.25) is 0 Å². The Morgan fingerprint density at radius 3 is 2.89 bits per heavy atom. The molecule has 0 radical (unpaired) electrons. The maximum absolute atomic E-state index is 5.71. The highest BCUT2D eigenvalue weighted by Gasteiger charge is 2.28. The standard InChI is InChI=1S/C13H22N4O/c1-4-14-11-7-12(16-9-15-11)17-10-5-6-18-13(2,3)8-10/h7,9-10H,4-6,8H2,1-3H3,(H2,14,15,16,17). The van der Waals surface area contributed by atoms with Crippen LogP contribution in [-0.2, 0) is 4.74 Å². The normalized spacial score (nSPS) is 22.5. The third-order valence-corrected chi connectivity index (χ3v) is 3.07. The Labute approximate surface area is 108 Å². The van der Waals surface area contributed by atoms with Crippen molar-refractivity contribution in [2.45, 2.75) is 45.3 Å². The van der Waals surface area contributed by atoms with Crippen LogP contribution in [0.1, 0.15) is 33.6 Å². The number of hydrogen-bond donors (Lipinski definition) is 2. The van der Waals surface area contributed by atoms with Crippen LogP contribution in [0.2, 0.25) is 0 Å².